The zero-order valence-corrected chi connectivity index (χ0v) is 8.74. The third-order valence-electron chi connectivity index (χ3n) is 1.91. The Balaban J connectivity index is 2.04. The summed E-state index contributed by atoms with van der Waals surface area (Å²) in [6, 6.07) is 6.45. The van der Waals surface area contributed by atoms with Gasteiger partial charge in [-0.2, -0.15) is 0 Å². The first-order valence-electron chi connectivity index (χ1n) is 4.76. The van der Waals surface area contributed by atoms with E-state index in [9.17, 15) is 4.79 Å². The molecular formula is C11H9N3O3. The molecule has 0 atom stereocenters. The molecule has 2 aromatic heterocycles. The molecule has 6 heteroatoms. The van der Waals surface area contributed by atoms with E-state index in [1.807, 2.05) is 0 Å². The maximum absolute atomic E-state index is 11.3. The van der Waals surface area contributed by atoms with Crippen molar-refractivity contribution >= 4 is 11.8 Å². The van der Waals surface area contributed by atoms with E-state index < -0.39 is 5.97 Å². The lowest BCUT2D eigenvalue weighted by atomic mass is 10.3. The maximum atomic E-state index is 11.3. The van der Waals surface area contributed by atoms with Gasteiger partial charge in [-0.1, -0.05) is 5.16 Å². The number of oxime groups is 1. The number of nitrogens with zero attached hydrogens (tertiary/aromatic N) is 2. The zero-order valence-electron chi connectivity index (χ0n) is 8.74. The Hall–Kier alpha value is -2.63. The van der Waals surface area contributed by atoms with Gasteiger partial charge in [0.2, 0.25) is 5.76 Å². The molecule has 0 bridgehead atoms. The molecule has 0 aliphatic carbocycles. The second kappa shape index (κ2) is 4.93. The Morgan fingerprint density at radius 3 is 2.94 bits per heavy atom. The van der Waals surface area contributed by atoms with Crippen LogP contribution in [0.25, 0.3) is 0 Å². The predicted molar refractivity (Wildman–Crippen MR) is 59.1 cm³/mol. The molecule has 0 aliphatic rings. The van der Waals surface area contributed by atoms with E-state index >= 15 is 0 Å². The summed E-state index contributed by atoms with van der Waals surface area (Å²) in [5, 5.41) is 3.50. The first kappa shape index (κ1) is 10.9. The second-order valence-corrected chi connectivity index (χ2v) is 3.07. The molecule has 6 nitrogen and oxygen atoms in total. The van der Waals surface area contributed by atoms with E-state index in [0.717, 1.165) is 0 Å². The topological polar surface area (TPSA) is 90.7 Å². The number of aromatic nitrogens is 1. The Kier molecular flexibility index (Phi) is 3.15. The summed E-state index contributed by atoms with van der Waals surface area (Å²) in [5.74, 6) is -0.576. The van der Waals surface area contributed by atoms with E-state index in [4.69, 9.17) is 10.2 Å². The highest BCUT2D eigenvalue weighted by atomic mass is 16.7. The summed E-state index contributed by atoms with van der Waals surface area (Å²) in [6.45, 7) is 0. The number of hydrogen-bond donors (Lipinski definition) is 1. The van der Waals surface area contributed by atoms with Crippen LogP contribution in [0.3, 0.4) is 0 Å². The predicted octanol–water partition coefficient (Wildman–Crippen LogP) is 1.15. The summed E-state index contributed by atoms with van der Waals surface area (Å²) in [7, 11) is 0. The highest BCUT2D eigenvalue weighted by Crippen LogP contribution is 2.03. The number of rotatable bonds is 3. The van der Waals surface area contributed by atoms with E-state index in [0.29, 0.717) is 5.56 Å². The summed E-state index contributed by atoms with van der Waals surface area (Å²) in [5.41, 5.74) is 6.17. The van der Waals surface area contributed by atoms with Crippen LogP contribution >= 0.6 is 0 Å². The van der Waals surface area contributed by atoms with E-state index in [-0.39, 0.29) is 11.6 Å². The van der Waals surface area contributed by atoms with Gasteiger partial charge in [-0.25, -0.2) is 4.79 Å². The molecule has 0 spiro atoms. The maximum Gasteiger partial charge on any atom is 0.400 e. The van der Waals surface area contributed by atoms with Gasteiger partial charge >= 0.3 is 5.97 Å². The fourth-order valence-electron chi connectivity index (χ4n) is 1.10. The number of carbonyl (C=O) groups is 1. The lowest BCUT2D eigenvalue weighted by molar-refractivity contribution is 0.0479. The monoisotopic (exact) mass is 231 g/mol. The number of amidine groups is 1. The van der Waals surface area contributed by atoms with Gasteiger partial charge < -0.3 is 15.0 Å². The smallest absolute Gasteiger partial charge is 0.400 e. The zero-order chi connectivity index (χ0) is 12.1. The molecule has 0 fully saturated rings. The first-order valence-corrected chi connectivity index (χ1v) is 4.76. The van der Waals surface area contributed by atoms with Crippen molar-refractivity contribution < 1.29 is 14.0 Å². The second-order valence-electron chi connectivity index (χ2n) is 3.07. The average Bonchev–Trinajstić information content (AvgIpc) is 2.90. The summed E-state index contributed by atoms with van der Waals surface area (Å²) < 4.78 is 4.84. The van der Waals surface area contributed by atoms with Crippen molar-refractivity contribution in [3.05, 3.63) is 54.2 Å². The van der Waals surface area contributed by atoms with Gasteiger partial charge in [-0.15, -0.1) is 0 Å². The van der Waals surface area contributed by atoms with E-state index in [1.54, 1.807) is 24.4 Å². The van der Waals surface area contributed by atoms with Crippen LogP contribution in [0.15, 0.2) is 52.5 Å². The molecule has 0 unspecified atom stereocenters. The van der Waals surface area contributed by atoms with Gasteiger partial charge in [0.15, 0.2) is 5.84 Å². The summed E-state index contributed by atoms with van der Waals surface area (Å²) >= 11 is 0. The van der Waals surface area contributed by atoms with Crippen LogP contribution in [0, 0.1) is 0 Å². The summed E-state index contributed by atoms with van der Waals surface area (Å²) in [6.07, 6.45) is 4.48. The molecule has 2 aromatic rings. The van der Waals surface area contributed by atoms with Crippen molar-refractivity contribution in [3.63, 3.8) is 0 Å². The van der Waals surface area contributed by atoms with Crippen molar-refractivity contribution in [2.24, 2.45) is 10.9 Å². The number of hydrogen-bond acceptors (Lipinski definition) is 5. The van der Waals surface area contributed by atoms with Crippen LogP contribution in [-0.2, 0) is 4.84 Å². The number of nitrogens with two attached hydrogens (primary N) is 1. The minimum absolute atomic E-state index is 0.0627. The molecule has 0 saturated carbocycles. The highest BCUT2D eigenvalue weighted by Gasteiger charge is 2.10. The van der Waals surface area contributed by atoms with Crippen LogP contribution in [0.4, 0.5) is 0 Å². The molecule has 0 aliphatic heterocycles. The van der Waals surface area contributed by atoms with Gasteiger partial charge in [0.25, 0.3) is 0 Å². The number of furan rings is 1. The highest BCUT2D eigenvalue weighted by molar-refractivity contribution is 5.97. The summed E-state index contributed by atoms with van der Waals surface area (Å²) in [4.78, 5) is 19.8. The van der Waals surface area contributed by atoms with Crippen molar-refractivity contribution in [3.8, 4) is 0 Å². The Morgan fingerprint density at radius 2 is 2.29 bits per heavy atom. The molecule has 0 radical (unpaired) electrons. The minimum Gasteiger partial charge on any atom is -0.457 e. The molecule has 86 valence electrons. The lowest BCUT2D eigenvalue weighted by Crippen LogP contribution is -2.15. The molecule has 2 heterocycles. The molecule has 17 heavy (non-hydrogen) atoms. The SMILES string of the molecule is NC(=NOC(=O)c1ccco1)c1cccnc1. The normalized spacial score (nSPS) is 11.2. The van der Waals surface area contributed by atoms with Gasteiger partial charge in [0.1, 0.15) is 0 Å². The number of carbonyl (C=O) groups excluding carboxylic acids is 1. The quantitative estimate of drug-likeness (QED) is 0.370. The Morgan fingerprint density at radius 1 is 1.41 bits per heavy atom. The fourth-order valence-corrected chi connectivity index (χ4v) is 1.10. The van der Waals surface area contributed by atoms with Gasteiger partial charge in [-0.05, 0) is 24.3 Å². The van der Waals surface area contributed by atoms with Crippen LogP contribution < -0.4 is 5.73 Å². The number of pyridine rings is 1. The van der Waals surface area contributed by atoms with Crippen molar-refractivity contribution in [2.45, 2.75) is 0 Å². The van der Waals surface area contributed by atoms with E-state index in [2.05, 4.69) is 15.0 Å². The van der Waals surface area contributed by atoms with Crippen LogP contribution in [0.5, 0.6) is 0 Å². The van der Waals surface area contributed by atoms with Crippen LogP contribution in [0.1, 0.15) is 16.1 Å². The molecule has 0 amide bonds. The fraction of sp³-hybridized carbons (Fsp3) is 0. The molecule has 0 saturated heterocycles. The Bertz CT molecular complexity index is 520. The van der Waals surface area contributed by atoms with Gasteiger partial charge in [0.05, 0.1) is 6.26 Å². The third-order valence-corrected chi connectivity index (χ3v) is 1.91. The largest absolute Gasteiger partial charge is 0.457 e. The molecule has 0 aromatic carbocycles. The van der Waals surface area contributed by atoms with Crippen LogP contribution in [0.2, 0.25) is 0 Å². The Labute approximate surface area is 96.7 Å². The molecule has 2 rings (SSSR count). The van der Waals surface area contributed by atoms with Crippen molar-refractivity contribution in [1.29, 1.82) is 0 Å². The minimum atomic E-state index is -0.707. The lowest BCUT2D eigenvalue weighted by Gasteiger charge is -1.98. The van der Waals surface area contributed by atoms with Crippen LogP contribution in [-0.4, -0.2) is 16.8 Å². The average molecular weight is 231 g/mol. The van der Waals surface area contributed by atoms with Crippen molar-refractivity contribution in [1.82, 2.24) is 4.98 Å². The van der Waals surface area contributed by atoms with Gasteiger partial charge in [0, 0.05) is 18.0 Å². The van der Waals surface area contributed by atoms with E-state index in [1.165, 1.54) is 18.5 Å². The molecule has 2 N–H and O–H groups in total. The third kappa shape index (κ3) is 2.69. The van der Waals surface area contributed by atoms with Crippen molar-refractivity contribution in [2.75, 3.05) is 0 Å². The van der Waals surface area contributed by atoms with Gasteiger partial charge in [-0.3, -0.25) is 4.98 Å². The molecular weight excluding hydrogens is 222 g/mol. The standard InChI is InChI=1S/C11H9N3O3/c12-10(8-3-1-5-13-7-8)14-17-11(15)9-4-2-6-16-9/h1-7H,(H2,12,14). The first-order chi connectivity index (χ1) is 8.27.